The first kappa shape index (κ1) is 16.7. The number of allylic oxidation sites excluding steroid dienone is 3. The lowest BCUT2D eigenvalue weighted by Crippen LogP contribution is -2.30. The molecule has 1 aromatic rings. The summed E-state index contributed by atoms with van der Waals surface area (Å²) in [5.74, 6) is -0.305. The van der Waals surface area contributed by atoms with Crippen molar-refractivity contribution in [2.45, 2.75) is 33.7 Å². The van der Waals surface area contributed by atoms with E-state index in [-0.39, 0.29) is 17.9 Å². The lowest BCUT2D eigenvalue weighted by Gasteiger charge is -2.11. The van der Waals surface area contributed by atoms with Crippen LogP contribution in [0.5, 0.6) is 0 Å². The minimum absolute atomic E-state index is 0.0908. The average Bonchev–Trinajstić information content (AvgIpc) is 2.38. The Morgan fingerprint density at radius 3 is 2.48 bits per heavy atom. The molecule has 0 saturated heterocycles. The Balaban J connectivity index is 2.78. The van der Waals surface area contributed by atoms with Crippen LogP contribution >= 0.6 is 0 Å². The summed E-state index contributed by atoms with van der Waals surface area (Å²) in [6, 6.07) is 5.33. The number of amides is 2. The van der Waals surface area contributed by atoms with E-state index in [1.807, 2.05) is 33.8 Å². The smallest absolute Gasteiger partial charge is 0.251 e. The fraction of sp³-hybridized carbons (Fsp3) is 0.294. The second-order valence-electron chi connectivity index (χ2n) is 5.03. The first-order valence-electron chi connectivity index (χ1n) is 6.96. The maximum atomic E-state index is 12.0. The van der Waals surface area contributed by atoms with Crippen LogP contribution in [0.1, 0.15) is 36.7 Å². The zero-order valence-electron chi connectivity index (χ0n) is 12.9. The number of rotatable bonds is 5. The quantitative estimate of drug-likeness (QED) is 0.645. The number of benzene rings is 1. The van der Waals surface area contributed by atoms with E-state index in [0.717, 1.165) is 5.56 Å². The van der Waals surface area contributed by atoms with Crippen molar-refractivity contribution in [2.75, 3.05) is 5.32 Å². The van der Waals surface area contributed by atoms with Gasteiger partial charge >= 0.3 is 0 Å². The van der Waals surface area contributed by atoms with Gasteiger partial charge in [0, 0.05) is 23.4 Å². The standard InChI is InChI=1S/C17H22N2O2/c1-5-6-7-8-16(20)19-14-9-10-15(13(4)11-14)17(21)18-12(2)3/h5-12H,1-4H3,(H,18,21)(H,19,20). The predicted molar refractivity (Wildman–Crippen MR) is 86.4 cm³/mol. The van der Waals surface area contributed by atoms with Crippen molar-refractivity contribution >= 4 is 17.5 Å². The average molecular weight is 286 g/mol. The molecule has 2 N–H and O–H groups in total. The van der Waals surface area contributed by atoms with Gasteiger partial charge in [-0.1, -0.05) is 18.2 Å². The molecule has 0 atom stereocenters. The molecule has 0 aliphatic carbocycles. The van der Waals surface area contributed by atoms with Crippen molar-refractivity contribution in [3.8, 4) is 0 Å². The highest BCUT2D eigenvalue weighted by molar-refractivity contribution is 6.00. The SMILES string of the molecule is CC=CC=CC(=O)Nc1ccc(C(=O)NC(C)C)c(C)c1. The Bertz CT molecular complexity index is 572. The highest BCUT2D eigenvalue weighted by atomic mass is 16.2. The summed E-state index contributed by atoms with van der Waals surface area (Å²) in [7, 11) is 0. The van der Waals surface area contributed by atoms with Gasteiger partial charge in [-0.05, 0) is 51.5 Å². The van der Waals surface area contributed by atoms with Gasteiger partial charge in [-0.2, -0.15) is 0 Å². The maximum Gasteiger partial charge on any atom is 0.251 e. The van der Waals surface area contributed by atoms with Crippen LogP contribution in [0.3, 0.4) is 0 Å². The second-order valence-corrected chi connectivity index (χ2v) is 5.03. The van der Waals surface area contributed by atoms with Crippen LogP contribution in [-0.4, -0.2) is 17.9 Å². The van der Waals surface area contributed by atoms with Crippen molar-refractivity contribution in [3.05, 3.63) is 53.6 Å². The van der Waals surface area contributed by atoms with Crippen molar-refractivity contribution in [3.63, 3.8) is 0 Å². The Kier molecular flexibility index (Phi) is 6.40. The van der Waals surface area contributed by atoms with Gasteiger partial charge in [0.1, 0.15) is 0 Å². The summed E-state index contributed by atoms with van der Waals surface area (Å²) >= 11 is 0. The molecular weight excluding hydrogens is 264 g/mol. The summed E-state index contributed by atoms with van der Waals surface area (Å²) in [5, 5.41) is 5.61. The summed E-state index contributed by atoms with van der Waals surface area (Å²) in [6.07, 6.45) is 6.75. The van der Waals surface area contributed by atoms with E-state index in [1.165, 1.54) is 6.08 Å². The van der Waals surface area contributed by atoms with Crippen molar-refractivity contribution in [1.82, 2.24) is 5.32 Å². The lowest BCUT2D eigenvalue weighted by atomic mass is 10.1. The van der Waals surface area contributed by atoms with Gasteiger partial charge in [0.2, 0.25) is 5.91 Å². The molecule has 4 nitrogen and oxygen atoms in total. The van der Waals surface area contributed by atoms with E-state index < -0.39 is 0 Å². The van der Waals surface area contributed by atoms with Gasteiger partial charge in [-0.25, -0.2) is 0 Å². The molecule has 0 aromatic heterocycles. The summed E-state index contributed by atoms with van der Waals surface area (Å²) in [4.78, 5) is 23.6. The normalized spacial score (nSPS) is 11.3. The van der Waals surface area contributed by atoms with Crippen LogP contribution in [0.15, 0.2) is 42.5 Å². The van der Waals surface area contributed by atoms with Gasteiger partial charge < -0.3 is 10.6 Å². The summed E-state index contributed by atoms with van der Waals surface area (Å²) in [5.41, 5.74) is 2.11. The molecule has 2 amide bonds. The summed E-state index contributed by atoms with van der Waals surface area (Å²) < 4.78 is 0. The van der Waals surface area contributed by atoms with Crippen LogP contribution in [0.25, 0.3) is 0 Å². The highest BCUT2D eigenvalue weighted by Gasteiger charge is 2.10. The summed E-state index contributed by atoms with van der Waals surface area (Å²) in [6.45, 7) is 7.56. The van der Waals surface area contributed by atoms with Gasteiger partial charge in [0.25, 0.3) is 5.91 Å². The monoisotopic (exact) mass is 286 g/mol. The van der Waals surface area contributed by atoms with Crippen LogP contribution in [0.4, 0.5) is 5.69 Å². The van der Waals surface area contributed by atoms with E-state index in [4.69, 9.17) is 0 Å². The molecule has 1 aromatic carbocycles. The number of aryl methyl sites for hydroxylation is 1. The topological polar surface area (TPSA) is 58.2 Å². The molecule has 0 radical (unpaired) electrons. The molecule has 21 heavy (non-hydrogen) atoms. The third kappa shape index (κ3) is 5.65. The first-order chi connectivity index (χ1) is 9.93. The van der Waals surface area contributed by atoms with E-state index in [1.54, 1.807) is 30.4 Å². The Labute approximate surface area is 125 Å². The third-order valence-electron chi connectivity index (χ3n) is 2.71. The molecule has 0 aliphatic rings. The molecule has 0 unspecified atom stereocenters. The molecule has 0 heterocycles. The maximum absolute atomic E-state index is 12.0. The number of nitrogens with one attached hydrogen (secondary N) is 2. The Morgan fingerprint density at radius 1 is 1.19 bits per heavy atom. The van der Waals surface area contributed by atoms with Gasteiger partial charge in [-0.3, -0.25) is 9.59 Å². The number of hydrogen-bond acceptors (Lipinski definition) is 2. The van der Waals surface area contributed by atoms with Crippen LogP contribution in [-0.2, 0) is 4.79 Å². The van der Waals surface area contributed by atoms with Crippen LogP contribution in [0, 0.1) is 6.92 Å². The van der Waals surface area contributed by atoms with Crippen LogP contribution < -0.4 is 10.6 Å². The van der Waals surface area contributed by atoms with E-state index in [2.05, 4.69) is 10.6 Å². The number of carbonyl (C=O) groups is 2. The predicted octanol–water partition coefficient (Wildman–Crippen LogP) is 3.20. The second kappa shape index (κ2) is 8.04. The molecule has 1 rings (SSSR count). The molecule has 0 fully saturated rings. The van der Waals surface area contributed by atoms with Crippen LogP contribution in [0.2, 0.25) is 0 Å². The fourth-order valence-corrected chi connectivity index (χ4v) is 1.77. The molecule has 4 heteroatoms. The van der Waals surface area contributed by atoms with Crippen molar-refractivity contribution < 1.29 is 9.59 Å². The van der Waals surface area contributed by atoms with Gasteiger partial charge in [-0.15, -0.1) is 0 Å². The third-order valence-corrected chi connectivity index (χ3v) is 2.71. The molecular formula is C17H22N2O2. The minimum Gasteiger partial charge on any atom is -0.350 e. The molecule has 0 spiro atoms. The van der Waals surface area contributed by atoms with E-state index >= 15 is 0 Å². The van der Waals surface area contributed by atoms with Crippen molar-refractivity contribution in [1.29, 1.82) is 0 Å². The molecule has 112 valence electrons. The molecule has 0 bridgehead atoms. The Hall–Kier alpha value is -2.36. The zero-order valence-corrected chi connectivity index (χ0v) is 12.9. The Morgan fingerprint density at radius 2 is 1.90 bits per heavy atom. The van der Waals surface area contributed by atoms with Gasteiger partial charge in [0.05, 0.1) is 0 Å². The van der Waals surface area contributed by atoms with E-state index in [9.17, 15) is 9.59 Å². The lowest BCUT2D eigenvalue weighted by molar-refractivity contribution is -0.111. The first-order valence-corrected chi connectivity index (χ1v) is 6.96. The van der Waals surface area contributed by atoms with Crippen molar-refractivity contribution in [2.24, 2.45) is 0 Å². The molecule has 0 saturated carbocycles. The van der Waals surface area contributed by atoms with E-state index in [0.29, 0.717) is 11.3 Å². The fourth-order valence-electron chi connectivity index (χ4n) is 1.77. The molecule has 0 aliphatic heterocycles. The largest absolute Gasteiger partial charge is 0.350 e. The minimum atomic E-state index is -0.202. The van der Waals surface area contributed by atoms with Gasteiger partial charge in [0.15, 0.2) is 0 Å². The number of hydrogen-bond donors (Lipinski definition) is 2. The zero-order chi connectivity index (χ0) is 15.8. The number of anilines is 1. The highest BCUT2D eigenvalue weighted by Crippen LogP contribution is 2.15. The number of carbonyl (C=O) groups excluding carboxylic acids is 2.